The van der Waals surface area contributed by atoms with E-state index in [2.05, 4.69) is 14.9 Å². The number of nitrogens with one attached hydrogen (secondary N) is 1. The van der Waals surface area contributed by atoms with Gasteiger partial charge in [0.25, 0.3) is 5.91 Å². The first-order valence-electron chi connectivity index (χ1n) is 7.08. The molecule has 2 N–H and O–H groups in total. The zero-order valence-electron chi connectivity index (χ0n) is 11.7. The average molecular weight is 303 g/mol. The number of carbonyl (C=O) groups excluding carboxylic acids is 1. The molecule has 0 fully saturated rings. The molecule has 110 valence electrons. The summed E-state index contributed by atoms with van der Waals surface area (Å²) in [7, 11) is 0. The van der Waals surface area contributed by atoms with Crippen LogP contribution in [0, 0.1) is 0 Å². The van der Waals surface area contributed by atoms with E-state index in [1.54, 1.807) is 0 Å². The molecule has 1 aromatic carbocycles. The maximum atomic E-state index is 12.4. The molecule has 1 aromatic heterocycles. The van der Waals surface area contributed by atoms with Crippen LogP contribution in [0.15, 0.2) is 24.3 Å². The summed E-state index contributed by atoms with van der Waals surface area (Å²) >= 11 is 1.11. The molecule has 0 saturated heterocycles. The highest BCUT2D eigenvalue weighted by molar-refractivity contribution is 7.08. The molecule has 1 aliphatic rings. The molecular weight excluding hydrogens is 286 g/mol. The molecule has 5 nitrogen and oxygen atoms in total. The van der Waals surface area contributed by atoms with Gasteiger partial charge >= 0.3 is 0 Å². The molecule has 0 spiro atoms. The Morgan fingerprint density at radius 1 is 1.48 bits per heavy atom. The molecule has 1 heterocycles. The Bertz CT molecular complexity index is 656. The quantitative estimate of drug-likeness (QED) is 0.904. The highest BCUT2D eigenvalue weighted by atomic mass is 32.1. The SMILES string of the molecule is CCCc1nnsc1C(=O)N[C@@H]1c2ccccc2C[C@@H]1O. The minimum Gasteiger partial charge on any atom is -0.390 e. The monoisotopic (exact) mass is 303 g/mol. The zero-order valence-corrected chi connectivity index (χ0v) is 12.6. The Labute approximate surface area is 127 Å². The minimum atomic E-state index is -0.582. The lowest BCUT2D eigenvalue weighted by atomic mass is 10.1. The second-order valence-electron chi connectivity index (χ2n) is 5.22. The van der Waals surface area contributed by atoms with Gasteiger partial charge in [0.2, 0.25) is 0 Å². The number of hydrogen-bond donors (Lipinski definition) is 2. The van der Waals surface area contributed by atoms with E-state index in [1.165, 1.54) is 0 Å². The second kappa shape index (κ2) is 5.91. The van der Waals surface area contributed by atoms with Crippen molar-refractivity contribution in [3.63, 3.8) is 0 Å². The highest BCUT2D eigenvalue weighted by Gasteiger charge is 2.32. The van der Waals surface area contributed by atoms with Crippen molar-refractivity contribution in [2.75, 3.05) is 0 Å². The molecule has 2 atom stereocenters. The fourth-order valence-electron chi connectivity index (χ4n) is 2.74. The maximum Gasteiger partial charge on any atom is 0.265 e. The van der Waals surface area contributed by atoms with Crippen LogP contribution in [-0.4, -0.2) is 26.7 Å². The van der Waals surface area contributed by atoms with Crippen molar-refractivity contribution >= 4 is 17.4 Å². The Morgan fingerprint density at radius 2 is 2.29 bits per heavy atom. The number of aliphatic hydroxyl groups is 1. The number of aliphatic hydroxyl groups excluding tert-OH is 1. The summed E-state index contributed by atoms with van der Waals surface area (Å²) in [4.78, 5) is 13.0. The Hall–Kier alpha value is -1.79. The first-order valence-corrected chi connectivity index (χ1v) is 7.86. The molecule has 0 saturated carbocycles. The number of benzene rings is 1. The average Bonchev–Trinajstić information content (AvgIpc) is 3.05. The Kier molecular flexibility index (Phi) is 3.98. The minimum absolute atomic E-state index is 0.200. The van der Waals surface area contributed by atoms with Crippen molar-refractivity contribution in [3.8, 4) is 0 Å². The molecule has 0 aliphatic heterocycles. The van der Waals surface area contributed by atoms with Gasteiger partial charge in [0, 0.05) is 6.42 Å². The Balaban J connectivity index is 1.80. The highest BCUT2D eigenvalue weighted by Crippen LogP contribution is 2.31. The van der Waals surface area contributed by atoms with E-state index in [1.807, 2.05) is 31.2 Å². The van der Waals surface area contributed by atoms with Crippen LogP contribution in [0.25, 0.3) is 0 Å². The molecule has 0 radical (unpaired) electrons. The number of rotatable bonds is 4. The van der Waals surface area contributed by atoms with Gasteiger partial charge in [-0.05, 0) is 29.1 Å². The van der Waals surface area contributed by atoms with Crippen LogP contribution in [0.3, 0.4) is 0 Å². The molecular formula is C15H17N3O2S. The van der Waals surface area contributed by atoms with Gasteiger partial charge in [-0.15, -0.1) is 5.10 Å². The molecule has 21 heavy (non-hydrogen) atoms. The van der Waals surface area contributed by atoms with Crippen molar-refractivity contribution in [1.82, 2.24) is 14.9 Å². The van der Waals surface area contributed by atoms with Gasteiger partial charge in [0.05, 0.1) is 17.8 Å². The van der Waals surface area contributed by atoms with Gasteiger partial charge in [-0.2, -0.15) is 0 Å². The van der Waals surface area contributed by atoms with Crippen molar-refractivity contribution in [2.45, 2.75) is 38.3 Å². The molecule has 2 aromatic rings. The van der Waals surface area contributed by atoms with Crippen LogP contribution >= 0.6 is 11.5 Å². The van der Waals surface area contributed by atoms with Crippen molar-refractivity contribution < 1.29 is 9.90 Å². The summed E-state index contributed by atoms with van der Waals surface area (Å²) in [5.74, 6) is -0.200. The smallest absolute Gasteiger partial charge is 0.265 e. The van der Waals surface area contributed by atoms with Gasteiger partial charge in [-0.1, -0.05) is 42.1 Å². The van der Waals surface area contributed by atoms with Crippen molar-refractivity contribution in [1.29, 1.82) is 0 Å². The van der Waals surface area contributed by atoms with Crippen molar-refractivity contribution in [2.24, 2.45) is 0 Å². The lowest BCUT2D eigenvalue weighted by molar-refractivity contribution is 0.0861. The zero-order chi connectivity index (χ0) is 14.8. The van der Waals surface area contributed by atoms with E-state index in [4.69, 9.17) is 0 Å². The molecule has 0 unspecified atom stereocenters. The summed E-state index contributed by atoms with van der Waals surface area (Å²) < 4.78 is 3.87. The van der Waals surface area contributed by atoms with Crippen LogP contribution in [0.5, 0.6) is 0 Å². The van der Waals surface area contributed by atoms with Crippen molar-refractivity contribution in [3.05, 3.63) is 46.0 Å². The van der Waals surface area contributed by atoms with Gasteiger partial charge in [0.1, 0.15) is 4.88 Å². The standard InChI is InChI=1S/C15H17N3O2S/c1-2-5-11-14(21-18-17-11)15(20)16-13-10-7-4-3-6-9(10)8-12(13)19/h3-4,6-7,12-13,19H,2,5,8H2,1H3,(H,16,20)/t12-,13+/m0/s1. The molecule has 1 amide bonds. The third-order valence-electron chi connectivity index (χ3n) is 3.74. The normalized spacial score (nSPS) is 20.3. The lowest BCUT2D eigenvalue weighted by Crippen LogP contribution is -2.33. The third kappa shape index (κ3) is 2.69. The van der Waals surface area contributed by atoms with E-state index in [9.17, 15) is 9.90 Å². The lowest BCUT2D eigenvalue weighted by Gasteiger charge is -2.17. The fourth-order valence-corrected chi connectivity index (χ4v) is 3.35. The maximum absolute atomic E-state index is 12.4. The summed E-state index contributed by atoms with van der Waals surface area (Å²) in [5, 5.41) is 17.1. The van der Waals surface area contributed by atoms with Crippen LogP contribution in [0.4, 0.5) is 0 Å². The molecule has 6 heteroatoms. The van der Waals surface area contributed by atoms with Gasteiger partial charge in [-0.25, -0.2) is 0 Å². The van der Waals surface area contributed by atoms with Gasteiger partial charge in [-0.3, -0.25) is 4.79 Å². The number of nitrogens with zero attached hydrogens (tertiary/aromatic N) is 2. The number of fused-ring (bicyclic) bond motifs is 1. The Morgan fingerprint density at radius 3 is 3.10 bits per heavy atom. The molecule has 3 rings (SSSR count). The summed E-state index contributed by atoms with van der Waals surface area (Å²) in [5.41, 5.74) is 2.82. The third-order valence-corrected chi connectivity index (χ3v) is 4.51. The number of aromatic nitrogens is 2. The largest absolute Gasteiger partial charge is 0.390 e. The predicted octanol–water partition coefficient (Wildman–Crippen LogP) is 1.88. The number of aryl methyl sites for hydroxylation is 1. The predicted molar refractivity (Wildman–Crippen MR) is 80.3 cm³/mol. The van der Waals surface area contributed by atoms with Gasteiger partial charge < -0.3 is 10.4 Å². The van der Waals surface area contributed by atoms with Gasteiger partial charge in [0.15, 0.2) is 0 Å². The van der Waals surface area contributed by atoms with E-state index >= 15 is 0 Å². The van der Waals surface area contributed by atoms with E-state index < -0.39 is 6.10 Å². The van der Waals surface area contributed by atoms with E-state index in [0.29, 0.717) is 11.3 Å². The number of hydrogen-bond acceptors (Lipinski definition) is 5. The fraction of sp³-hybridized carbons (Fsp3) is 0.400. The molecule has 1 aliphatic carbocycles. The summed E-state index contributed by atoms with van der Waals surface area (Å²) in [6.07, 6.45) is 1.65. The first kappa shape index (κ1) is 14.2. The second-order valence-corrected chi connectivity index (χ2v) is 5.97. The van der Waals surface area contributed by atoms with E-state index in [0.717, 1.165) is 41.2 Å². The van der Waals surface area contributed by atoms with Crippen LogP contribution < -0.4 is 5.32 Å². The van der Waals surface area contributed by atoms with Crippen LogP contribution in [-0.2, 0) is 12.8 Å². The number of carbonyl (C=O) groups is 1. The summed E-state index contributed by atoms with van der Waals surface area (Å²) in [6, 6.07) is 7.45. The van der Waals surface area contributed by atoms with E-state index in [-0.39, 0.29) is 11.9 Å². The topological polar surface area (TPSA) is 75.1 Å². The molecule has 0 bridgehead atoms. The van der Waals surface area contributed by atoms with Crippen LogP contribution in [0.2, 0.25) is 0 Å². The number of amides is 1. The summed E-state index contributed by atoms with van der Waals surface area (Å²) in [6.45, 7) is 2.04. The first-order chi connectivity index (χ1) is 10.2. The van der Waals surface area contributed by atoms with Crippen LogP contribution in [0.1, 0.15) is 45.9 Å².